The van der Waals surface area contributed by atoms with Crippen molar-refractivity contribution >= 4 is 15.9 Å². The minimum absolute atomic E-state index is 0.294. The molecule has 4 heteroatoms. The maximum atomic E-state index is 6.00. The summed E-state index contributed by atoms with van der Waals surface area (Å²) in [5, 5.41) is 0.965. The Labute approximate surface area is 116 Å². The number of hydrogen-bond acceptors (Lipinski definition) is 3. The summed E-state index contributed by atoms with van der Waals surface area (Å²) in [6.45, 7) is 3.66. The highest BCUT2D eigenvalue weighted by molar-refractivity contribution is 9.09. The SMILES string of the molecule is BrCC1COCCN1CC1Cc2ccccc2O1. The second-order valence-corrected chi connectivity index (χ2v) is 5.58. The van der Waals surface area contributed by atoms with Crippen LogP contribution in [0.2, 0.25) is 0 Å². The first-order valence-corrected chi connectivity index (χ1v) is 7.61. The van der Waals surface area contributed by atoms with Gasteiger partial charge < -0.3 is 9.47 Å². The van der Waals surface area contributed by atoms with Crippen LogP contribution in [-0.2, 0) is 11.2 Å². The monoisotopic (exact) mass is 311 g/mol. The zero-order chi connectivity index (χ0) is 12.4. The van der Waals surface area contributed by atoms with Crippen LogP contribution in [0.5, 0.6) is 5.75 Å². The number of hydrogen-bond donors (Lipinski definition) is 0. The summed E-state index contributed by atoms with van der Waals surface area (Å²) in [4.78, 5) is 2.48. The third-order valence-corrected chi connectivity index (χ3v) is 4.43. The summed E-state index contributed by atoms with van der Waals surface area (Å²) in [7, 11) is 0. The lowest BCUT2D eigenvalue weighted by Crippen LogP contribution is -2.50. The van der Waals surface area contributed by atoms with E-state index >= 15 is 0 Å². The molecule has 1 saturated heterocycles. The van der Waals surface area contributed by atoms with Crippen molar-refractivity contribution in [2.75, 3.05) is 31.6 Å². The summed E-state index contributed by atoms with van der Waals surface area (Å²) >= 11 is 3.57. The highest BCUT2D eigenvalue weighted by atomic mass is 79.9. The third-order valence-electron chi connectivity index (χ3n) is 3.68. The predicted octanol–water partition coefficient (Wildman–Crippen LogP) is 2.09. The van der Waals surface area contributed by atoms with E-state index in [2.05, 4.69) is 39.0 Å². The Kier molecular flexibility index (Phi) is 3.87. The first-order valence-electron chi connectivity index (χ1n) is 6.49. The minimum Gasteiger partial charge on any atom is -0.488 e. The van der Waals surface area contributed by atoms with E-state index in [1.54, 1.807) is 0 Å². The molecule has 0 amide bonds. The van der Waals surface area contributed by atoms with Crippen molar-refractivity contribution in [1.29, 1.82) is 0 Å². The maximum absolute atomic E-state index is 6.00. The fourth-order valence-corrected chi connectivity index (χ4v) is 3.29. The number of alkyl halides is 1. The fourth-order valence-electron chi connectivity index (χ4n) is 2.69. The van der Waals surface area contributed by atoms with E-state index < -0.39 is 0 Å². The van der Waals surface area contributed by atoms with Crippen molar-refractivity contribution in [1.82, 2.24) is 4.90 Å². The third kappa shape index (κ3) is 2.56. The van der Waals surface area contributed by atoms with Gasteiger partial charge in [0.05, 0.1) is 13.2 Å². The van der Waals surface area contributed by atoms with Gasteiger partial charge in [0.25, 0.3) is 0 Å². The number of para-hydroxylation sites is 1. The highest BCUT2D eigenvalue weighted by Crippen LogP contribution is 2.29. The number of fused-ring (bicyclic) bond motifs is 1. The number of ether oxygens (including phenoxy) is 2. The lowest BCUT2D eigenvalue weighted by atomic mass is 10.1. The molecule has 1 aromatic carbocycles. The van der Waals surface area contributed by atoms with Crippen LogP contribution >= 0.6 is 15.9 Å². The molecule has 0 N–H and O–H groups in total. The summed E-state index contributed by atoms with van der Waals surface area (Å²) in [6.07, 6.45) is 1.32. The Balaban J connectivity index is 1.61. The molecule has 3 nitrogen and oxygen atoms in total. The lowest BCUT2D eigenvalue weighted by Gasteiger charge is -2.35. The van der Waals surface area contributed by atoms with E-state index in [-0.39, 0.29) is 0 Å². The van der Waals surface area contributed by atoms with Gasteiger partial charge in [-0.1, -0.05) is 34.1 Å². The van der Waals surface area contributed by atoms with Crippen molar-refractivity contribution in [3.05, 3.63) is 29.8 Å². The number of halogens is 1. The molecule has 18 heavy (non-hydrogen) atoms. The van der Waals surface area contributed by atoms with Crippen molar-refractivity contribution in [3.63, 3.8) is 0 Å². The van der Waals surface area contributed by atoms with Gasteiger partial charge in [0, 0.05) is 30.9 Å². The van der Waals surface area contributed by atoms with Gasteiger partial charge in [-0.05, 0) is 11.6 Å². The molecule has 2 aliphatic rings. The fraction of sp³-hybridized carbons (Fsp3) is 0.571. The average Bonchev–Trinajstić information content (AvgIpc) is 2.81. The quantitative estimate of drug-likeness (QED) is 0.798. The smallest absolute Gasteiger partial charge is 0.123 e. The summed E-state index contributed by atoms with van der Waals surface area (Å²) in [5.41, 5.74) is 1.34. The van der Waals surface area contributed by atoms with Crippen LogP contribution in [0.3, 0.4) is 0 Å². The Hall–Kier alpha value is -0.580. The van der Waals surface area contributed by atoms with Crippen molar-refractivity contribution in [2.45, 2.75) is 18.6 Å². The van der Waals surface area contributed by atoms with Crippen LogP contribution < -0.4 is 4.74 Å². The van der Waals surface area contributed by atoms with E-state index in [1.165, 1.54) is 5.56 Å². The maximum Gasteiger partial charge on any atom is 0.123 e. The van der Waals surface area contributed by atoms with Crippen molar-refractivity contribution in [3.8, 4) is 5.75 Å². The number of morpholine rings is 1. The Morgan fingerprint density at radius 2 is 2.22 bits per heavy atom. The van der Waals surface area contributed by atoms with E-state index in [0.29, 0.717) is 12.1 Å². The van der Waals surface area contributed by atoms with Crippen LogP contribution in [0, 0.1) is 0 Å². The van der Waals surface area contributed by atoms with Crippen LogP contribution in [0.25, 0.3) is 0 Å². The minimum atomic E-state index is 0.294. The van der Waals surface area contributed by atoms with Gasteiger partial charge in [0.15, 0.2) is 0 Å². The van der Waals surface area contributed by atoms with Crippen molar-refractivity contribution < 1.29 is 9.47 Å². The molecule has 0 spiro atoms. The zero-order valence-electron chi connectivity index (χ0n) is 10.3. The molecule has 1 fully saturated rings. The Morgan fingerprint density at radius 1 is 1.33 bits per heavy atom. The second-order valence-electron chi connectivity index (χ2n) is 4.93. The standard InChI is InChI=1S/C14H18BrNO2/c15-8-12-10-17-6-5-16(12)9-13-7-11-3-1-2-4-14(11)18-13/h1-4,12-13H,5-10H2. The van der Waals surface area contributed by atoms with E-state index in [9.17, 15) is 0 Å². The van der Waals surface area contributed by atoms with Gasteiger partial charge in [-0.3, -0.25) is 4.90 Å². The van der Waals surface area contributed by atoms with Gasteiger partial charge in [-0.2, -0.15) is 0 Å². The van der Waals surface area contributed by atoms with Crippen LogP contribution in [0.15, 0.2) is 24.3 Å². The molecule has 2 atom stereocenters. The van der Waals surface area contributed by atoms with E-state index in [0.717, 1.165) is 43.8 Å². The van der Waals surface area contributed by atoms with Gasteiger partial charge >= 0.3 is 0 Å². The Morgan fingerprint density at radius 3 is 3.06 bits per heavy atom. The molecule has 0 radical (unpaired) electrons. The molecule has 2 heterocycles. The van der Waals surface area contributed by atoms with Crippen LogP contribution in [0.1, 0.15) is 5.56 Å². The molecular formula is C14H18BrNO2. The van der Waals surface area contributed by atoms with Crippen LogP contribution in [-0.4, -0.2) is 48.7 Å². The molecule has 98 valence electrons. The number of benzene rings is 1. The Bertz CT molecular complexity index is 388. The largest absolute Gasteiger partial charge is 0.488 e. The van der Waals surface area contributed by atoms with Gasteiger partial charge in [0.1, 0.15) is 11.9 Å². The van der Waals surface area contributed by atoms with Crippen molar-refractivity contribution in [2.24, 2.45) is 0 Å². The molecule has 3 rings (SSSR count). The van der Waals surface area contributed by atoms with Gasteiger partial charge in [-0.25, -0.2) is 0 Å². The number of rotatable bonds is 3. The second kappa shape index (κ2) is 5.59. The molecule has 0 aromatic heterocycles. The highest BCUT2D eigenvalue weighted by Gasteiger charge is 2.29. The first-order chi connectivity index (χ1) is 8.86. The molecule has 0 bridgehead atoms. The lowest BCUT2D eigenvalue weighted by molar-refractivity contribution is -0.0118. The van der Waals surface area contributed by atoms with E-state index in [1.807, 2.05) is 6.07 Å². The summed E-state index contributed by atoms with van der Waals surface area (Å²) in [6, 6.07) is 8.83. The molecule has 0 saturated carbocycles. The molecule has 2 unspecified atom stereocenters. The summed E-state index contributed by atoms with van der Waals surface area (Å²) in [5.74, 6) is 1.06. The average molecular weight is 312 g/mol. The molecular weight excluding hydrogens is 294 g/mol. The van der Waals surface area contributed by atoms with Crippen LogP contribution in [0.4, 0.5) is 0 Å². The molecule has 0 aliphatic carbocycles. The van der Waals surface area contributed by atoms with E-state index in [4.69, 9.17) is 9.47 Å². The number of nitrogens with zero attached hydrogens (tertiary/aromatic N) is 1. The zero-order valence-corrected chi connectivity index (χ0v) is 11.9. The van der Waals surface area contributed by atoms with Gasteiger partial charge in [-0.15, -0.1) is 0 Å². The molecule has 1 aromatic rings. The van der Waals surface area contributed by atoms with Gasteiger partial charge in [0.2, 0.25) is 0 Å². The molecule has 2 aliphatic heterocycles. The normalized spacial score (nSPS) is 27.8. The first kappa shape index (κ1) is 12.5. The predicted molar refractivity (Wildman–Crippen MR) is 74.5 cm³/mol. The topological polar surface area (TPSA) is 21.7 Å². The summed E-state index contributed by atoms with van der Waals surface area (Å²) < 4.78 is 11.5.